The average Bonchev–Trinajstić information content (AvgIpc) is 3.56. The molecule has 0 radical (unpaired) electrons. The van der Waals surface area contributed by atoms with Gasteiger partial charge in [0.1, 0.15) is 0 Å². The molecule has 4 aliphatic rings. The van der Waals surface area contributed by atoms with E-state index in [4.69, 9.17) is 4.52 Å². The molecular formula is C22H27N3O. The van der Waals surface area contributed by atoms with Crippen LogP contribution in [-0.2, 0) is 6.42 Å². The van der Waals surface area contributed by atoms with Crippen LogP contribution in [0.5, 0.6) is 0 Å². The van der Waals surface area contributed by atoms with Crippen molar-refractivity contribution >= 4 is 5.69 Å². The molecule has 1 aromatic heterocycles. The van der Waals surface area contributed by atoms with Gasteiger partial charge in [0, 0.05) is 48.9 Å². The molecule has 2 fully saturated rings. The molecule has 1 N–H and O–H groups in total. The quantitative estimate of drug-likeness (QED) is 0.845. The van der Waals surface area contributed by atoms with Gasteiger partial charge in [0.25, 0.3) is 0 Å². The monoisotopic (exact) mass is 349 g/mol. The van der Waals surface area contributed by atoms with Crippen LogP contribution in [0.3, 0.4) is 0 Å². The third-order valence-corrected chi connectivity index (χ3v) is 6.90. The summed E-state index contributed by atoms with van der Waals surface area (Å²) < 4.78 is 5.54. The molecule has 0 spiro atoms. The standard InChI is InChI=1S/C22H27N3O/c1-2-14(1)12-25(13-15-3-4-15)17-9-16-11-23-20-6-5-18(19(10-17)22(16)20)21-7-8-24-26-21/h5-8,14-17,23H,1-4,9-13H2/t16-,17-/m0/s1. The van der Waals surface area contributed by atoms with Gasteiger partial charge in [0.05, 0.1) is 6.20 Å². The smallest absolute Gasteiger partial charge is 0.167 e. The fraction of sp³-hybridized carbons (Fsp3) is 0.591. The molecule has 3 aliphatic carbocycles. The van der Waals surface area contributed by atoms with Crippen LogP contribution in [-0.4, -0.2) is 35.7 Å². The largest absolute Gasteiger partial charge is 0.384 e. The second kappa shape index (κ2) is 5.85. The van der Waals surface area contributed by atoms with Crippen LogP contribution in [0.2, 0.25) is 0 Å². The van der Waals surface area contributed by atoms with Crippen molar-refractivity contribution in [2.75, 3.05) is 25.0 Å². The summed E-state index contributed by atoms with van der Waals surface area (Å²) in [6.07, 6.45) is 10.0. The minimum absolute atomic E-state index is 0.655. The van der Waals surface area contributed by atoms with Crippen molar-refractivity contribution in [3.8, 4) is 11.3 Å². The maximum atomic E-state index is 5.54. The molecule has 6 rings (SSSR count). The van der Waals surface area contributed by atoms with Gasteiger partial charge < -0.3 is 9.84 Å². The normalized spacial score (nSPS) is 26.8. The summed E-state index contributed by atoms with van der Waals surface area (Å²) in [5.74, 6) is 3.52. The molecule has 136 valence electrons. The van der Waals surface area contributed by atoms with E-state index < -0.39 is 0 Å². The van der Waals surface area contributed by atoms with Crippen LogP contribution >= 0.6 is 0 Å². The fourth-order valence-electron chi connectivity index (χ4n) is 5.19. The third kappa shape index (κ3) is 2.66. The molecule has 4 heteroatoms. The SMILES string of the molecule is c1cc(-c2ccc3c4c2C[C@@H](N(CC2CC2)CC2CC2)C[C@H]4CN3)on1. The van der Waals surface area contributed by atoms with Gasteiger partial charge >= 0.3 is 0 Å². The van der Waals surface area contributed by atoms with E-state index in [0.29, 0.717) is 12.0 Å². The molecule has 2 saturated carbocycles. The summed E-state index contributed by atoms with van der Waals surface area (Å²) in [7, 11) is 0. The first-order chi connectivity index (χ1) is 12.8. The van der Waals surface area contributed by atoms with E-state index in [1.54, 1.807) is 11.8 Å². The van der Waals surface area contributed by atoms with E-state index in [1.807, 2.05) is 6.07 Å². The number of hydrogen-bond acceptors (Lipinski definition) is 4. The molecule has 26 heavy (non-hydrogen) atoms. The van der Waals surface area contributed by atoms with Gasteiger partial charge in [-0.3, -0.25) is 4.90 Å². The van der Waals surface area contributed by atoms with Crippen molar-refractivity contribution in [3.05, 3.63) is 35.5 Å². The molecule has 0 saturated heterocycles. The van der Waals surface area contributed by atoms with Crippen molar-refractivity contribution < 1.29 is 4.52 Å². The summed E-state index contributed by atoms with van der Waals surface area (Å²) in [6.45, 7) is 3.75. The zero-order valence-electron chi connectivity index (χ0n) is 15.3. The Morgan fingerprint density at radius 1 is 1.08 bits per heavy atom. The Hall–Kier alpha value is -1.81. The highest BCUT2D eigenvalue weighted by atomic mass is 16.5. The molecule has 2 aromatic rings. The van der Waals surface area contributed by atoms with Crippen LogP contribution < -0.4 is 5.32 Å². The van der Waals surface area contributed by atoms with Crippen molar-refractivity contribution in [3.63, 3.8) is 0 Å². The molecule has 0 unspecified atom stereocenters. The van der Waals surface area contributed by atoms with Crippen LogP contribution in [0.4, 0.5) is 5.69 Å². The zero-order valence-corrected chi connectivity index (χ0v) is 15.3. The van der Waals surface area contributed by atoms with E-state index >= 15 is 0 Å². The lowest BCUT2D eigenvalue weighted by Gasteiger charge is -2.38. The van der Waals surface area contributed by atoms with Crippen molar-refractivity contribution in [2.24, 2.45) is 11.8 Å². The van der Waals surface area contributed by atoms with E-state index in [1.165, 1.54) is 62.0 Å². The second-order valence-corrected chi connectivity index (χ2v) is 8.94. The maximum absolute atomic E-state index is 5.54. The number of hydrogen-bond donors (Lipinski definition) is 1. The van der Waals surface area contributed by atoms with Gasteiger partial charge in [-0.05, 0) is 73.6 Å². The zero-order chi connectivity index (χ0) is 17.1. The van der Waals surface area contributed by atoms with Gasteiger partial charge in [0.2, 0.25) is 0 Å². The van der Waals surface area contributed by atoms with Crippen LogP contribution in [0, 0.1) is 11.8 Å². The van der Waals surface area contributed by atoms with Crippen LogP contribution in [0.1, 0.15) is 49.1 Å². The summed E-state index contributed by atoms with van der Waals surface area (Å²) >= 11 is 0. The number of nitrogens with one attached hydrogen (secondary N) is 1. The first-order valence-electron chi connectivity index (χ1n) is 10.4. The number of rotatable bonds is 6. The first-order valence-corrected chi connectivity index (χ1v) is 10.4. The topological polar surface area (TPSA) is 41.3 Å². The Balaban J connectivity index is 1.36. The van der Waals surface area contributed by atoms with Gasteiger partial charge in [-0.2, -0.15) is 0 Å². The number of aromatic nitrogens is 1. The summed E-state index contributed by atoms with van der Waals surface area (Å²) in [6, 6.07) is 7.16. The third-order valence-electron chi connectivity index (χ3n) is 6.90. The molecule has 0 amide bonds. The highest BCUT2D eigenvalue weighted by Crippen LogP contribution is 2.47. The molecular weight excluding hydrogens is 322 g/mol. The predicted molar refractivity (Wildman–Crippen MR) is 102 cm³/mol. The first kappa shape index (κ1) is 15.3. The Morgan fingerprint density at radius 3 is 2.58 bits per heavy atom. The Morgan fingerprint density at radius 2 is 1.88 bits per heavy atom. The highest BCUT2D eigenvalue weighted by molar-refractivity contribution is 5.73. The fourth-order valence-corrected chi connectivity index (χ4v) is 5.19. The van der Waals surface area contributed by atoms with Crippen molar-refractivity contribution in [2.45, 2.75) is 50.5 Å². The van der Waals surface area contributed by atoms with Crippen LogP contribution in [0.15, 0.2) is 28.9 Å². The van der Waals surface area contributed by atoms with E-state index in [-0.39, 0.29) is 0 Å². The Bertz CT molecular complexity index is 793. The molecule has 2 atom stereocenters. The number of anilines is 1. The molecule has 1 aromatic carbocycles. The second-order valence-electron chi connectivity index (χ2n) is 8.94. The lowest BCUT2D eigenvalue weighted by molar-refractivity contribution is 0.158. The van der Waals surface area contributed by atoms with E-state index in [2.05, 4.69) is 27.5 Å². The van der Waals surface area contributed by atoms with Gasteiger partial charge in [0.15, 0.2) is 5.76 Å². The Kier molecular flexibility index (Phi) is 3.43. The van der Waals surface area contributed by atoms with Gasteiger partial charge in [-0.15, -0.1) is 0 Å². The molecule has 2 heterocycles. The van der Waals surface area contributed by atoms with Gasteiger partial charge in [-0.25, -0.2) is 0 Å². The van der Waals surface area contributed by atoms with Crippen molar-refractivity contribution in [1.29, 1.82) is 0 Å². The van der Waals surface area contributed by atoms with E-state index in [0.717, 1.165) is 30.6 Å². The molecule has 1 aliphatic heterocycles. The minimum Gasteiger partial charge on any atom is -0.384 e. The highest BCUT2D eigenvalue weighted by Gasteiger charge is 2.39. The lowest BCUT2D eigenvalue weighted by Crippen LogP contribution is -2.43. The van der Waals surface area contributed by atoms with Crippen LogP contribution in [0.25, 0.3) is 11.3 Å². The predicted octanol–water partition coefficient (Wildman–Crippen LogP) is 4.29. The average molecular weight is 349 g/mol. The lowest BCUT2D eigenvalue weighted by atomic mass is 9.78. The number of nitrogens with zero attached hydrogens (tertiary/aromatic N) is 2. The summed E-state index contributed by atoms with van der Waals surface area (Å²) in [5, 5.41) is 7.61. The Labute approximate surface area is 154 Å². The summed E-state index contributed by atoms with van der Waals surface area (Å²) in [4.78, 5) is 2.87. The number of benzene rings is 1. The van der Waals surface area contributed by atoms with Crippen molar-refractivity contribution in [1.82, 2.24) is 10.1 Å². The minimum atomic E-state index is 0.655. The molecule has 0 bridgehead atoms. The van der Waals surface area contributed by atoms with Gasteiger partial charge in [-0.1, -0.05) is 5.16 Å². The maximum Gasteiger partial charge on any atom is 0.167 e. The molecule has 4 nitrogen and oxygen atoms in total. The van der Waals surface area contributed by atoms with E-state index in [9.17, 15) is 0 Å². The summed E-state index contributed by atoms with van der Waals surface area (Å²) in [5.41, 5.74) is 5.69.